The highest BCUT2D eigenvalue weighted by atomic mass is 19.1. The number of aliphatic hydroxyl groups excluding tert-OH is 1. The standard InChI is InChI=1S/C15H23FN2O/c1-11(10-18-8-6-12(19)7-9-18)15(17)13-4-2-3-5-14(13)16/h2-5,11-12,15,19H,6-10,17H2,1H3. The van der Waals surface area contributed by atoms with E-state index in [4.69, 9.17) is 5.73 Å². The lowest BCUT2D eigenvalue weighted by molar-refractivity contribution is 0.0738. The number of hydrogen-bond acceptors (Lipinski definition) is 3. The third-order valence-corrected chi connectivity index (χ3v) is 3.98. The van der Waals surface area contributed by atoms with Crippen molar-refractivity contribution in [3.63, 3.8) is 0 Å². The predicted molar refractivity (Wildman–Crippen MR) is 74.2 cm³/mol. The first kappa shape index (κ1) is 14.4. The summed E-state index contributed by atoms with van der Waals surface area (Å²) < 4.78 is 13.7. The molecule has 0 amide bonds. The number of benzene rings is 1. The molecule has 0 bridgehead atoms. The molecule has 4 heteroatoms. The zero-order chi connectivity index (χ0) is 13.8. The molecule has 2 rings (SSSR count). The second-order valence-corrected chi connectivity index (χ2v) is 5.56. The molecule has 2 unspecified atom stereocenters. The molecule has 106 valence electrons. The van der Waals surface area contributed by atoms with Crippen molar-refractivity contribution >= 4 is 0 Å². The Balaban J connectivity index is 1.92. The van der Waals surface area contributed by atoms with Crippen LogP contribution in [0.3, 0.4) is 0 Å². The Kier molecular flexibility index (Phi) is 4.91. The number of rotatable bonds is 4. The van der Waals surface area contributed by atoms with Gasteiger partial charge in [0.25, 0.3) is 0 Å². The van der Waals surface area contributed by atoms with Crippen molar-refractivity contribution in [1.82, 2.24) is 4.90 Å². The Labute approximate surface area is 114 Å². The van der Waals surface area contributed by atoms with Crippen molar-refractivity contribution in [3.05, 3.63) is 35.6 Å². The number of hydrogen-bond donors (Lipinski definition) is 2. The van der Waals surface area contributed by atoms with E-state index in [1.807, 2.05) is 6.07 Å². The molecule has 3 nitrogen and oxygen atoms in total. The molecule has 1 heterocycles. The van der Waals surface area contributed by atoms with Crippen molar-refractivity contribution in [2.24, 2.45) is 11.7 Å². The zero-order valence-electron chi connectivity index (χ0n) is 11.4. The fourth-order valence-electron chi connectivity index (χ4n) is 2.67. The predicted octanol–water partition coefficient (Wildman–Crippen LogP) is 1.92. The van der Waals surface area contributed by atoms with Crippen LogP contribution in [0.4, 0.5) is 4.39 Å². The monoisotopic (exact) mass is 266 g/mol. The third-order valence-electron chi connectivity index (χ3n) is 3.98. The van der Waals surface area contributed by atoms with Crippen LogP contribution in [0, 0.1) is 11.7 Å². The van der Waals surface area contributed by atoms with Gasteiger partial charge in [0.15, 0.2) is 0 Å². The number of aliphatic hydroxyl groups is 1. The van der Waals surface area contributed by atoms with Crippen LogP contribution in [-0.4, -0.2) is 35.7 Å². The maximum Gasteiger partial charge on any atom is 0.127 e. The van der Waals surface area contributed by atoms with Crippen LogP contribution in [-0.2, 0) is 0 Å². The number of halogens is 1. The number of likely N-dealkylation sites (tertiary alicyclic amines) is 1. The number of nitrogens with two attached hydrogens (primary N) is 1. The molecule has 0 radical (unpaired) electrons. The lowest BCUT2D eigenvalue weighted by Crippen LogP contribution is -2.40. The summed E-state index contributed by atoms with van der Waals surface area (Å²) in [4.78, 5) is 2.30. The molecular formula is C15H23FN2O. The minimum Gasteiger partial charge on any atom is -0.393 e. The molecule has 1 aromatic rings. The Morgan fingerprint density at radius 1 is 1.37 bits per heavy atom. The van der Waals surface area contributed by atoms with Crippen molar-refractivity contribution in [3.8, 4) is 0 Å². The van der Waals surface area contributed by atoms with E-state index < -0.39 is 0 Å². The molecule has 1 aliphatic rings. The molecule has 1 saturated heterocycles. The molecule has 2 atom stereocenters. The van der Waals surface area contributed by atoms with E-state index in [-0.39, 0.29) is 23.9 Å². The minimum atomic E-state index is -0.284. The fourth-order valence-corrected chi connectivity index (χ4v) is 2.67. The summed E-state index contributed by atoms with van der Waals surface area (Å²) in [5.74, 6) is -0.0388. The van der Waals surface area contributed by atoms with E-state index in [2.05, 4.69) is 11.8 Å². The summed E-state index contributed by atoms with van der Waals surface area (Å²) in [5, 5.41) is 9.48. The van der Waals surface area contributed by atoms with E-state index in [0.717, 1.165) is 32.5 Å². The van der Waals surface area contributed by atoms with Crippen LogP contribution in [0.25, 0.3) is 0 Å². The summed E-state index contributed by atoms with van der Waals surface area (Å²) in [7, 11) is 0. The van der Waals surface area contributed by atoms with Crippen molar-refractivity contribution in [1.29, 1.82) is 0 Å². The molecule has 0 aromatic heterocycles. The van der Waals surface area contributed by atoms with Gasteiger partial charge in [-0.05, 0) is 24.8 Å². The van der Waals surface area contributed by atoms with E-state index in [0.29, 0.717) is 5.56 Å². The highest BCUT2D eigenvalue weighted by Gasteiger charge is 2.23. The summed E-state index contributed by atoms with van der Waals surface area (Å²) in [6.07, 6.45) is 1.48. The second-order valence-electron chi connectivity index (χ2n) is 5.56. The first-order valence-electron chi connectivity index (χ1n) is 6.98. The summed E-state index contributed by atoms with van der Waals surface area (Å²) >= 11 is 0. The Morgan fingerprint density at radius 3 is 2.63 bits per heavy atom. The lowest BCUT2D eigenvalue weighted by atomic mass is 9.93. The fraction of sp³-hybridized carbons (Fsp3) is 0.600. The van der Waals surface area contributed by atoms with E-state index >= 15 is 0 Å². The average molecular weight is 266 g/mol. The summed E-state index contributed by atoms with van der Waals surface area (Å²) in [6, 6.07) is 6.44. The van der Waals surface area contributed by atoms with Crippen LogP contribution in [0.15, 0.2) is 24.3 Å². The Bertz CT molecular complexity index is 405. The van der Waals surface area contributed by atoms with Crippen molar-refractivity contribution in [2.75, 3.05) is 19.6 Å². The lowest BCUT2D eigenvalue weighted by Gasteiger charge is -2.33. The third kappa shape index (κ3) is 3.75. The molecule has 1 fully saturated rings. The van der Waals surface area contributed by atoms with Crippen LogP contribution in [0.1, 0.15) is 31.4 Å². The maximum atomic E-state index is 13.7. The molecule has 0 spiro atoms. The van der Waals surface area contributed by atoms with Crippen LogP contribution >= 0.6 is 0 Å². The van der Waals surface area contributed by atoms with E-state index in [9.17, 15) is 9.50 Å². The van der Waals surface area contributed by atoms with Gasteiger partial charge in [-0.3, -0.25) is 0 Å². The molecule has 1 aromatic carbocycles. The largest absolute Gasteiger partial charge is 0.393 e. The van der Waals surface area contributed by atoms with Gasteiger partial charge < -0.3 is 15.7 Å². The normalized spacial score (nSPS) is 21.3. The summed E-state index contributed by atoms with van der Waals surface area (Å²) in [6.45, 7) is 4.70. The SMILES string of the molecule is CC(CN1CCC(O)CC1)C(N)c1ccccc1F. The second kappa shape index (κ2) is 6.46. The molecule has 1 aliphatic heterocycles. The van der Waals surface area contributed by atoms with Gasteiger partial charge in [0.2, 0.25) is 0 Å². The van der Waals surface area contributed by atoms with Crippen LogP contribution in [0.2, 0.25) is 0 Å². The van der Waals surface area contributed by atoms with Gasteiger partial charge >= 0.3 is 0 Å². The topological polar surface area (TPSA) is 49.5 Å². The molecule has 3 N–H and O–H groups in total. The molecule has 0 aliphatic carbocycles. The molecule has 19 heavy (non-hydrogen) atoms. The van der Waals surface area contributed by atoms with Gasteiger partial charge in [-0.25, -0.2) is 4.39 Å². The summed E-state index contributed by atoms with van der Waals surface area (Å²) in [5.41, 5.74) is 6.76. The van der Waals surface area contributed by atoms with Crippen LogP contribution < -0.4 is 5.73 Å². The first-order valence-corrected chi connectivity index (χ1v) is 6.98. The number of piperidine rings is 1. The number of nitrogens with zero attached hydrogens (tertiary/aromatic N) is 1. The average Bonchev–Trinajstić information content (AvgIpc) is 2.41. The smallest absolute Gasteiger partial charge is 0.127 e. The van der Waals surface area contributed by atoms with Gasteiger partial charge in [0, 0.05) is 31.2 Å². The first-order chi connectivity index (χ1) is 9.08. The van der Waals surface area contributed by atoms with Gasteiger partial charge in [-0.15, -0.1) is 0 Å². The van der Waals surface area contributed by atoms with Gasteiger partial charge in [-0.2, -0.15) is 0 Å². The van der Waals surface area contributed by atoms with Crippen LogP contribution in [0.5, 0.6) is 0 Å². The van der Waals surface area contributed by atoms with Gasteiger partial charge in [0.05, 0.1) is 6.10 Å². The van der Waals surface area contributed by atoms with E-state index in [1.165, 1.54) is 6.07 Å². The van der Waals surface area contributed by atoms with Crippen molar-refractivity contribution in [2.45, 2.75) is 31.9 Å². The zero-order valence-corrected chi connectivity index (χ0v) is 11.4. The Hall–Kier alpha value is -0.970. The van der Waals surface area contributed by atoms with E-state index in [1.54, 1.807) is 12.1 Å². The van der Waals surface area contributed by atoms with Gasteiger partial charge in [-0.1, -0.05) is 25.1 Å². The highest BCUT2D eigenvalue weighted by molar-refractivity contribution is 5.21. The minimum absolute atomic E-state index is 0.160. The molecule has 0 saturated carbocycles. The quantitative estimate of drug-likeness (QED) is 0.875. The highest BCUT2D eigenvalue weighted by Crippen LogP contribution is 2.23. The Morgan fingerprint density at radius 2 is 2.00 bits per heavy atom. The maximum absolute atomic E-state index is 13.7. The van der Waals surface area contributed by atoms with Crippen molar-refractivity contribution < 1.29 is 9.50 Å². The molecular weight excluding hydrogens is 243 g/mol. The van der Waals surface area contributed by atoms with Gasteiger partial charge in [0.1, 0.15) is 5.82 Å².